The molecule has 17 heavy (non-hydrogen) atoms. The lowest BCUT2D eigenvalue weighted by Gasteiger charge is -2.49. The van der Waals surface area contributed by atoms with Crippen molar-refractivity contribution >= 4 is 0 Å². The Morgan fingerprint density at radius 1 is 1.59 bits per heavy atom. The molecule has 0 saturated heterocycles. The number of imidazole rings is 1. The van der Waals surface area contributed by atoms with Crippen molar-refractivity contribution in [3.05, 3.63) is 18.2 Å². The van der Waals surface area contributed by atoms with Gasteiger partial charge in [-0.2, -0.15) is 0 Å². The van der Waals surface area contributed by atoms with Gasteiger partial charge in [0, 0.05) is 30.2 Å². The first kappa shape index (κ1) is 12.6. The number of aliphatic hydroxyl groups is 1. The van der Waals surface area contributed by atoms with E-state index in [1.54, 1.807) is 0 Å². The van der Waals surface area contributed by atoms with E-state index in [1.165, 1.54) is 5.69 Å². The van der Waals surface area contributed by atoms with Gasteiger partial charge in [0.25, 0.3) is 0 Å². The number of aliphatic hydroxyl groups excluding tert-OH is 1. The Morgan fingerprint density at radius 3 is 2.82 bits per heavy atom. The smallest absolute Gasteiger partial charge is 0.0951 e. The van der Waals surface area contributed by atoms with Crippen molar-refractivity contribution in [1.82, 2.24) is 14.9 Å². The van der Waals surface area contributed by atoms with E-state index in [1.807, 2.05) is 12.5 Å². The van der Waals surface area contributed by atoms with Gasteiger partial charge in [-0.05, 0) is 20.3 Å². The molecule has 1 aliphatic carbocycles. The average Bonchev–Trinajstić information content (AvgIpc) is 2.72. The van der Waals surface area contributed by atoms with Crippen LogP contribution >= 0.6 is 0 Å². The lowest BCUT2D eigenvalue weighted by atomic mass is 9.64. The summed E-state index contributed by atoms with van der Waals surface area (Å²) in [7, 11) is 0. The minimum Gasteiger partial charge on any atom is -0.392 e. The fourth-order valence-corrected chi connectivity index (χ4v) is 2.41. The zero-order valence-electron chi connectivity index (χ0n) is 11.1. The number of nitrogens with zero attached hydrogens (tertiary/aromatic N) is 2. The standard InChI is InChI=1S/C13H23N3O/c1-9(2)16-8-14-6-10(16)7-15-11-5-12(17)13(11,3)4/h6,8-9,11-12,15,17H,5,7H2,1-4H3. The molecule has 1 aliphatic rings. The van der Waals surface area contributed by atoms with Crippen molar-refractivity contribution < 1.29 is 5.11 Å². The first-order chi connectivity index (χ1) is 7.93. The molecule has 2 rings (SSSR count). The van der Waals surface area contributed by atoms with E-state index in [4.69, 9.17) is 0 Å². The van der Waals surface area contributed by atoms with Crippen LogP contribution in [0.25, 0.3) is 0 Å². The molecule has 96 valence electrons. The molecule has 4 heteroatoms. The highest BCUT2D eigenvalue weighted by Crippen LogP contribution is 2.40. The van der Waals surface area contributed by atoms with Crippen LogP contribution in [0.4, 0.5) is 0 Å². The number of nitrogens with one attached hydrogen (secondary N) is 1. The van der Waals surface area contributed by atoms with Crippen LogP contribution in [0, 0.1) is 5.41 Å². The van der Waals surface area contributed by atoms with Crippen molar-refractivity contribution in [3.63, 3.8) is 0 Å². The molecule has 0 amide bonds. The Balaban J connectivity index is 1.93. The second-order valence-corrected chi connectivity index (χ2v) is 5.89. The zero-order valence-corrected chi connectivity index (χ0v) is 11.1. The maximum atomic E-state index is 9.69. The summed E-state index contributed by atoms with van der Waals surface area (Å²) in [6.07, 6.45) is 4.47. The van der Waals surface area contributed by atoms with Gasteiger partial charge in [0.1, 0.15) is 0 Å². The number of hydrogen-bond acceptors (Lipinski definition) is 3. The molecule has 1 aromatic heterocycles. The topological polar surface area (TPSA) is 50.1 Å². The molecular weight excluding hydrogens is 214 g/mol. The Morgan fingerprint density at radius 2 is 2.29 bits per heavy atom. The Labute approximate surface area is 103 Å². The molecule has 0 aliphatic heterocycles. The van der Waals surface area contributed by atoms with Crippen LogP contribution < -0.4 is 5.32 Å². The minimum absolute atomic E-state index is 0.0112. The summed E-state index contributed by atoms with van der Waals surface area (Å²) in [4.78, 5) is 4.19. The van der Waals surface area contributed by atoms with Crippen LogP contribution in [-0.4, -0.2) is 26.8 Å². The van der Waals surface area contributed by atoms with E-state index in [0.29, 0.717) is 12.1 Å². The Bertz CT molecular complexity index is 384. The van der Waals surface area contributed by atoms with Gasteiger partial charge >= 0.3 is 0 Å². The van der Waals surface area contributed by atoms with Crippen molar-refractivity contribution in [2.45, 2.75) is 58.8 Å². The quantitative estimate of drug-likeness (QED) is 0.838. The maximum Gasteiger partial charge on any atom is 0.0951 e. The van der Waals surface area contributed by atoms with Gasteiger partial charge in [-0.15, -0.1) is 0 Å². The molecule has 1 heterocycles. The number of rotatable bonds is 4. The van der Waals surface area contributed by atoms with Crippen molar-refractivity contribution in [3.8, 4) is 0 Å². The van der Waals surface area contributed by atoms with E-state index in [-0.39, 0.29) is 11.5 Å². The van der Waals surface area contributed by atoms with Gasteiger partial charge in [0.05, 0.1) is 18.1 Å². The predicted molar refractivity (Wildman–Crippen MR) is 67.6 cm³/mol. The first-order valence-corrected chi connectivity index (χ1v) is 6.35. The summed E-state index contributed by atoms with van der Waals surface area (Å²) < 4.78 is 2.18. The summed E-state index contributed by atoms with van der Waals surface area (Å²) in [6.45, 7) is 9.35. The summed E-state index contributed by atoms with van der Waals surface area (Å²) in [5, 5.41) is 13.2. The summed E-state index contributed by atoms with van der Waals surface area (Å²) in [5.74, 6) is 0. The van der Waals surface area contributed by atoms with E-state index in [9.17, 15) is 5.11 Å². The van der Waals surface area contributed by atoms with Crippen LogP contribution in [0.5, 0.6) is 0 Å². The maximum absolute atomic E-state index is 9.69. The van der Waals surface area contributed by atoms with Crippen LogP contribution in [0.2, 0.25) is 0 Å². The number of aromatic nitrogens is 2. The van der Waals surface area contributed by atoms with Crippen LogP contribution in [-0.2, 0) is 6.54 Å². The van der Waals surface area contributed by atoms with Crippen molar-refractivity contribution in [2.24, 2.45) is 5.41 Å². The van der Waals surface area contributed by atoms with Gasteiger partial charge in [-0.1, -0.05) is 13.8 Å². The van der Waals surface area contributed by atoms with Gasteiger partial charge < -0.3 is 15.0 Å². The molecule has 0 radical (unpaired) electrons. The van der Waals surface area contributed by atoms with Crippen LogP contribution in [0.15, 0.2) is 12.5 Å². The van der Waals surface area contributed by atoms with Gasteiger partial charge in [0.15, 0.2) is 0 Å². The lowest BCUT2D eigenvalue weighted by molar-refractivity contribution is -0.0731. The van der Waals surface area contributed by atoms with Gasteiger partial charge in [0.2, 0.25) is 0 Å². The SMILES string of the molecule is CC(C)n1cncc1CNC1CC(O)C1(C)C. The second-order valence-electron chi connectivity index (χ2n) is 5.89. The summed E-state index contributed by atoms with van der Waals surface area (Å²) in [6, 6.07) is 0.835. The fourth-order valence-electron chi connectivity index (χ4n) is 2.41. The molecule has 2 atom stereocenters. The highest BCUT2D eigenvalue weighted by molar-refractivity contribution is 5.05. The molecule has 1 saturated carbocycles. The molecule has 0 spiro atoms. The van der Waals surface area contributed by atoms with E-state index >= 15 is 0 Å². The van der Waals surface area contributed by atoms with Crippen molar-refractivity contribution in [1.29, 1.82) is 0 Å². The predicted octanol–water partition coefficient (Wildman–Crippen LogP) is 1.71. The highest BCUT2D eigenvalue weighted by Gasteiger charge is 2.46. The minimum atomic E-state index is -0.171. The highest BCUT2D eigenvalue weighted by atomic mass is 16.3. The van der Waals surface area contributed by atoms with Crippen LogP contribution in [0.1, 0.15) is 45.9 Å². The molecular formula is C13H23N3O. The number of hydrogen-bond donors (Lipinski definition) is 2. The van der Waals surface area contributed by atoms with E-state index < -0.39 is 0 Å². The first-order valence-electron chi connectivity index (χ1n) is 6.35. The third-order valence-electron chi connectivity index (χ3n) is 4.05. The van der Waals surface area contributed by atoms with Crippen molar-refractivity contribution in [2.75, 3.05) is 0 Å². The average molecular weight is 237 g/mol. The lowest BCUT2D eigenvalue weighted by Crippen LogP contribution is -2.59. The van der Waals surface area contributed by atoms with E-state index in [0.717, 1.165) is 13.0 Å². The summed E-state index contributed by atoms with van der Waals surface area (Å²) in [5.41, 5.74) is 1.19. The largest absolute Gasteiger partial charge is 0.392 e. The molecule has 1 fully saturated rings. The normalized spacial score (nSPS) is 27.2. The van der Waals surface area contributed by atoms with Gasteiger partial charge in [-0.3, -0.25) is 0 Å². The van der Waals surface area contributed by atoms with Gasteiger partial charge in [-0.25, -0.2) is 4.98 Å². The fraction of sp³-hybridized carbons (Fsp3) is 0.769. The molecule has 0 aromatic carbocycles. The summed E-state index contributed by atoms with van der Waals surface area (Å²) >= 11 is 0. The third kappa shape index (κ3) is 2.24. The molecule has 4 nitrogen and oxygen atoms in total. The zero-order chi connectivity index (χ0) is 12.6. The second kappa shape index (κ2) is 4.42. The van der Waals surface area contributed by atoms with Crippen LogP contribution in [0.3, 0.4) is 0 Å². The molecule has 2 N–H and O–H groups in total. The molecule has 2 unspecified atom stereocenters. The van der Waals surface area contributed by atoms with E-state index in [2.05, 4.69) is 42.6 Å². The Kier molecular flexibility index (Phi) is 3.27. The monoisotopic (exact) mass is 237 g/mol. The molecule has 0 bridgehead atoms. The Hall–Kier alpha value is -0.870. The molecule has 1 aromatic rings. The third-order valence-corrected chi connectivity index (χ3v) is 4.05.